The predicted octanol–water partition coefficient (Wildman–Crippen LogP) is 4.03. The van der Waals surface area contributed by atoms with E-state index in [9.17, 15) is 4.79 Å². The first-order valence-electron chi connectivity index (χ1n) is 10.2. The van der Waals surface area contributed by atoms with Crippen LogP contribution in [0.15, 0.2) is 48.5 Å². The minimum absolute atomic E-state index is 0.00288. The Morgan fingerprint density at radius 3 is 2.48 bits per heavy atom. The molecule has 7 heteroatoms. The summed E-state index contributed by atoms with van der Waals surface area (Å²) in [4.78, 5) is 13.0. The SMILES string of the molecule is COc1ccc([C@@H]2CC(=O)c3nnc4c(-c5ccccc5)c(C)nn4c3C2)cc1OC. The summed E-state index contributed by atoms with van der Waals surface area (Å²) in [6, 6.07) is 15.8. The molecule has 31 heavy (non-hydrogen) atoms. The lowest BCUT2D eigenvalue weighted by atomic mass is 9.83. The third kappa shape index (κ3) is 3.13. The molecule has 0 N–H and O–H groups in total. The summed E-state index contributed by atoms with van der Waals surface area (Å²) in [5.74, 6) is 1.29. The largest absolute Gasteiger partial charge is 0.493 e. The zero-order valence-electron chi connectivity index (χ0n) is 17.6. The molecule has 0 saturated heterocycles. The van der Waals surface area contributed by atoms with Crippen LogP contribution in [0.3, 0.4) is 0 Å². The number of hydrogen-bond acceptors (Lipinski definition) is 6. The van der Waals surface area contributed by atoms with Gasteiger partial charge >= 0.3 is 0 Å². The Bertz CT molecular complexity index is 1300. The minimum Gasteiger partial charge on any atom is -0.493 e. The Balaban J connectivity index is 1.62. The summed E-state index contributed by atoms with van der Waals surface area (Å²) in [6.07, 6.45) is 1.01. The molecule has 1 aliphatic rings. The van der Waals surface area contributed by atoms with Gasteiger partial charge in [0, 0.05) is 6.42 Å². The summed E-state index contributed by atoms with van der Waals surface area (Å²) in [6.45, 7) is 1.96. The van der Waals surface area contributed by atoms with Crippen molar-refractivity contribution >= 4 is 11.4 Å². The van der Waals surface area contributed by atoms with Gasteiger partial charge in [-0.3, -0.25) is 4.79 Å². The smallest absolute Gasteiger partial charge is 0.185 e. The van der Waals surface area contributed by atoms with Crippen LogP contribution in [0.5, 0.6) is 11.5 Å². The number of methoxy groups -OCH3 is 2. The van der Waals surface area contributed by atoms with Crippen molar-refractivity contribution in [2.75, 3.05) is 14.2 Å². The molecule has 1 aliphatic carbocycles. The van der Waals surface area contributed by atoms with E-state index < -0.39 is 0 Å². The highest BCUT2D eigenvalue weighted by Crippen LogP contribution is 2.37. The van der Waals surface area contributed by atoms with Crippen LogP contribution in [0.1, 0.15) is 39.8 Å². The monoisotopic (exact) mass is 414 g/mol. The lowest BCUT2D eigenvalue weighted by Crippen LogP contribution is -2.24. The van der Waals surface area contributed by atoms with Crippen molar-refractivity contribution < 1.29 is 14.3 Å². The van der Waals surface area contributed by atoms with Crippen molar-refractivity contribution in [1.82, 2.24) is 19.8 Å². The van der Waals surface area contributed by atoms with Crippen LogP contribution in [0.2, 0.25) is 0 Å². The third-order valence-corrected chi connectivity index (χ3v) is 5.89. The molecule has 0 amide bonds. The van der Waals surface area contributed by atoms with Gasteiger partial charge in [-0.15, -0.1) is 10.2 Å². The second-order valence-electron chi connectivity index (χ2n) is 7.70. The Kier molecular flexibility index (Phi) is 4.66. The lowest BCUT2D eigenvalue weighted by Gasteiger charge is -2.24. The normalized spacial score (nSPS) is 15.7. The van der Waals surface area contributed by atoms with Crippen molar-refractivity contribution in [2.45, 2.75) is 25.7 Å². The average molecular weight is 414 g/mol. The fourth-order valence-corrected chi connectivity index (χ4v) is 4.36. The Hall–Kier alpha value is -3.74. The summed E-state index contributed by atoms with van der Waals surface area (Å²) in [5.41, 5.74) is 5.73. The maximum atomic E-state index is 13.0. The average Bonchev–Trinajstić information content (AvgIpc) is 3.15. The first-order valence-corrected chi connectivity index (χ1v) is 10.2. The minimum atomic E-state index is -0.0233. The van der Waals surface area contributed by atoms with Crippen molar-refractivity contribution in [3.63, 3.8) is 0 Å². The van der Waals surface area contributed by atoms with Gasteiger partial charge in [-0.05, 0) is 42.5 Å². The highest BCUT2D eigenvalue weighted by atomic mass is 16.5. The second kappa shape index (κ2) is 7.50. The summed E-state index contributed by atoms with van der Waals surface area (Å²) in [5, 5.41) is 13.4. The number of aryl methyl sites for hydroxylation is 1. The Morgan fingerprint density at radius 1 is 0.968 bits per heavy atom. The number of Topliss-reactive ketones (excluding diaryl/α,β-unsaturated/α-hetero) is 1. The van der Waals surface area contributed by atoms with Crippen LogP contribution in [0.4, 0.5) is 0 Å². The molecule has 0 aliphatic heterocycles. The number of carbonyl (C=O) groups is 1. The van der Waals surface area contributed by atoms with Crippen LogP contribution < -0.4 is 9.47 Å². The number of rotatable bonds is 4. The number of carbonyl (C=O) groups excluding carboxylic acids is 1. The quantitative estimate of drug-likeness (QED) is 0.502. The molecule has 5 rings (SSSR count). The number of ketones is 1. The van der Waals surface area contributed by atoms with Crippen molar-refractivity contribution in [3.8, 4) is 22.6 Å². The molecule has 0 bridgehead atoms. The van der Waals surface area contributed by atoms with Crippen molar-refractivity contribution in [2.24, 2.45) is 0 Å². The maximum absolute atomic E-state index is 13.0. The highest BCUT2D eigenvalue weighted by molar-refractivity contribution is 5.97. The van der Waals surface area contributed by atoms with E-state index in [1.165, 1.54) is 0 Å². The molecule has 2 heterocycles. The van der Waals surface area contributed by atoms with Crippen LogP contribution in [0, 0.1) is 6.92 Å². The fraction of sp³-hybridized carbons (Fsp3) is 0.250. The van der Waals surface area contributed by atoms with E-state index in [-0.39, 0.29) is 11.7 Å². The first-order chi connectivity index (χ1) is 15.1. The first kappa shape index (κ1) is 19.2. The number of fused-ring (bicyclic) bond motifs is 3. The van der Waals surface area contributed by atoms with E-state index in [1.807, 2.05) is 55.5 Å². The number of nitrogens with zero attached hydrogens (tertiary/aromatic N) is 4. The number of hydrogen-bond donors (Lipinski definition) is 0. The molecule has 0 fully saturated rings. The van der Waals surface area contributed by atoms with Crippen LogP contribution in [-0.2, 0) is 6.42 Å². The van der Waals surface area contributed by atoms with Gasteiger partial charge in [0.05, 0.1) is 31.2 Å². The van der Waals surface area contributed by atoms with Gasteiger partial charge < -0.3 is 9.47 Å². The Labute approximate surface area is 179 Å². The summed E-state index contributed by atoms with van der Waals surface area (Å²) < 4.78 is 12.6. The molecule has 0 saturated carbocycles. The van der Waals surface area contributed by atoms with Crippen LogP contribution in [0.25, 0.3) is 16.8 Å². The molecule has 1 atom stereocenters. The standard InChI is InChI=1S/C24H22N4O3/c1-14-22(15-7-5-4-6-8-15)24-26-25-23-18(28(24)27-14)11-17(12-19(23)29)16-9-10-20(30-2)21(13-16)31-3/h4-10,13,17H,11-12H2,1-3H3/t17-/m0/s1. The zero-order chi connectivity index (χ0) is 21.5. The molecule has 4 aromatic rings. The topological polar surface area (TPSA) is 78.6 Å². The molecular weight excluding hydrogens is 392 g/mol. The van der Waals surface area contributed by atoms with Gasteiger partial charge in [0.25, 0.3) is 0 Å². The van der Waals surface area contributed by atoms with Gasteiger partial charge in [0.1, 0.15) is 0 Å². The number of ether oxygens (including phenoxy) is 2. The van der Waals surface area contributed by atoms with Gasteiger partial charge in [-0.1, -0.05) is 36.4 Å². The lowest BCUT2D eigenvalue weighted by molar-refractivity contribution is 0.0955. The predicted molar refractivity (Wildman–Crippen MR) is 116 cm³/mol. The van der Waals surface area contributed by atoms with Gasteiger partial charge in [-0.25, -0.2) is 4.52 Å². The molecule has 0 radical (unpaired) electrons. The van der Waals surface area contributed by atoms with E-state index >= 15 is 0 Å². The number of aromatic nitrogens is 4. The van der Waals surface area contributed by atoms with Gasteiger partial charge in [0.2, 0.25) is 0 Å². The molecule has 0 unspecified atom stereocenters. The fourth-order valence-electron chi connectivity index (χ4n) is 4.36. The maximum Gasteiger partial charge on any atom is 0.185 e. The van der Waals surface area contributed by atoms with Crippen molar-refractivity contribution in [3.05, 3.63) is 71.2 Å². The van der Waals surface area contributed by atoms with E-state index in [0.717, 1.165) is 28.1 Å². The van der Waals surface area contributed by atoms with Gasteiger partial charge in [0.15, 0.2) is 28.6 Å². The second-order valence-corrected chi connectivity index (χ2v) is 7.70. The highest BCUT2D eigenvalue weighted by Gasteiger charge is 2.32. The van der Waals surface area contributed by atoms with E-state index in [0.29, 0.717) is 35.7 Å². The Morgan fingerprint density at radius 2 is 1.74 bits per heavy atom. The molecule has 2 aromatic heterocycles. The molecular formula is C24H22N4O3. The molecule has 0 spiro atoms. The summed E-state index contributed by atoms with van der Waals surface area (Å²) in [7, 11) is 3.22. The van der Waals surface area contributed by atoms with Crippen LogP contribution in [-0.4, -0.2) is 39.8 Å². The van der Waals surface area contributed by atoms with Gasteiger partial charge in [-0.2, -0.15) is 5.10 Å². The van der Waals surface area contributed by atoms with E-state index in [2.05, 4.69) is 10.2 Å². The molecule has 156 valence electrons. The molecule has 2 aromatic carbocycles. The molecule has 7 nitrogen and oxygen atoms in total. The van der Waals surface area contributed by atoms with Crippen molar-refractivity contribution in [1.29, 1.82) is 0 Å². The zero-order valence-corrected chi connectivity index (χ0v) is 17.6. The summed E-state index contributed by atoms with van der Waals surface area (Å²) >= 11 is 0. The number of benzene rings is 2. The van der Waals surface area contributed by atoms with Crippen LogP contribution >= 0.6 is 0 Å². The third-order valence-electron chi connectivity index (χ3n) is 5.89. The van der Waals surface area contributed by atoms with E-state index in [4.69, 9.17) is 14.6 Å². The van der Waals surface area contributed by atoms with E-state index in [1.54, 1.807) is 18.7 Å².